The van der Waals surface area contributed by atoms with Gasteiger partial charge in [0, 0.05) is 28.7 Å². The number of esters is 1. The molecule has 174 valence electrons. The van der Waals surface area contributed by atoms with Crippen molar-refractivity contribution >= 4 is 33.4 Å². The SMILES string of the molecule is O=C(CCC1CCCC1)Oc1cccc(-c2nc3ccc(Br)cn3c2NC2CCCCC2)c1. The van der Waals surface area contributed by atoms with E-state index in [0.717, 1.165) is 33.6 Å². The maximum absolute atomic E-state index is 12.5. The lowest BCUT2D eigenvalue weighted by Crippen LogP contribution is -2.23. The van der Waals surface area contributed by atoms with E-state index in [0.29, 0.717) is 24.1 Å². The zero-order chi connectivity index (χ0) is 22.6. The number of fused-ring (bicyclic) bond motifs is 1. The summed E-state index contributed by atoms with van der Waals surface area (Å²) in [5.41, 5.74) is 2.74. The van der Waals surface area contributed by atoms with Crippen LogP contribution in [0.5, 0.6) is 5.75 Å². The Balaban J connectivity index is 1.38. The van der Waals surface area contributed by atoms with Gasteiger partial charge in [0.1, 0.15) is 22.9 Å². The molecule has 0 amide bonds. The van der Waals surface area contributed by atoms with Gasteiger partial charge in [-0.2, -0.15) is 0 Å². The van der Waals surface area contributed by atoms with Crippen LogP contribution < -0.4 is 10.1 Å². The molecular formula is C27H32BrN3O2. The molecule has 3 aromatic rings. The van der Waals surface area contributed by atoms with Crippen molar-refractivity contribution in [3.8, 4) is 17.0 Å². The summed E-state index contributed by atoms with van der Waals surface area (Å²) >= 11 is 3.60. The van der Waals surface area contributed by atoms with Gasteiger partial charge in [0.05, 0.1) is 0 Å². The van der Waals surface area contributed by atoms with Gasteiger partial charge in [0.15, 0.2) is 0 Å². The zero-order valence-electron chi connectivity index (χ0n) is 19.1. The molecule has 5 rings (SSSR count). The summed E-state index contributed by atoms with van der Waals surface area (Å²) in [5.74, 6) is 2.14. The molecule has 0 spiro atoms. The average Bonchev–Trinajstić information content (AvgIpc) is 3.47. The van der Waals surface area contributed by atoms with Crippen molar-refractivity contribution in [2.45, 2.75) is 76.7 Å². The molecule has 2 fully saturated rings. The number of hydrogen-bond acceptors (Lipinski definition) is 4. The quantitative estimate of drug-likeness (QED) is 0.266. The van der Waals surface area contributed by atoms with Crippen molar-refractivity contribution in [2.24, 2.45) is 5.92 Å². The maximum atomic E-state index is 12.5. The third-order valence-electron chi connectivity index (χ3n) is 7.10. The lowest BCUT2D eigenvalue weighted by Gasteiger charge is -2.24. The summed E-state index contributed by atoms with van der Waals surface area (Å²) in [4.78, 5) is 17.4. The van der Waals surface area contributed by atoms with Crippen molar-refractivity contribution in [3.05, 3.63) is 47.1 Å². The number of carbonyl (C=O) groups excluding carboxylic acids is 1. The van der Waals surface area contributed by atoms with E-state index < -0.39 is 0 Å². The molecule has 2 aliphatic rings. The molecule has 1 aromatic carbocycles. The number of halogens is 1. The third kappa shape index (κ3) is 5.43. The fourth-order valence-corrected chi connectivity index (χ4v) is 5.65. The van der Waals surface area contributed by atoms with E-state index in [1.165, 1.54) is 57.8 Å². The first-order valence-corrected chi connectivity index (χ1v) is 13.2. The summed E-state index contributed by atoms with van der Waals surface area (Å²) in [7, 11) is 0. The third-order valence-corrected chi connectivity index (χ3v) is 7.57. The Morgan fingerprint density at radius 3 is 2.67 bits per heavy atom. The van der Waals surface area contributed by atoms with Gasteiger partial charge in [-0.1, -0.05) is 57.1 Å². The highest BCUT2D eigenvalue weighted by molar-refractivity contribution is 9.10. The molecule has 0 radical (unpaired) electrons. The molecular weight excluding hydrogens is 478 g/mol. The van der Waals surface area contributed by atoms with Crippen molar-refractivity contribution in [1.29, 1.82) is 0 Å². The largest absolute Gasteiger partial charge is 0.427 e. The minimum absolute atomic E-state index is 0.140. The molecule has 5 nitrogen and oxygen atoms in total. The van der Waals surface area contributed by atoms with Crippen LogP contribution in [0.4, 0.5) is 5.82 Å². The van der Waals surface area contributed by atoms with Gasteiger partial charge < -0.3 is 10.1 Å². The number of pyridine rings is 1. The molecule has 1 N–H and O–H groups in total. The van der Waals surface area contributed by atoms with Gasteiger partial charge in [-0.05, 0) is 65.4 Å². The molecule has 0 unspecified atom stereocenters. The molecule has 2 aromatic heterocycles. The maximum Gasteiger partial charge on any atom is 0.311 e. The highest BCUT2D eigenvalue weighted by atomic mass is 79.9. The van der Waals surface area contributed by atoms with Crippen molar-refractivity contribution in [2.75, 3.05) is 5.32 Å². The molecule has 0 aliphatic heterocycles. The molecule has 0 saturated heterocycles. The van der Waals surface area contributed by atoms with E-state index in [4.69, 9.17) is 9.72 Å². The van der Waals surface area contributed by atoms with Crippen LogP contribution in [0.3, 0.4) is 0 Å². The number of anilines is 1. The summed E-state index contributed by atoms with van der Waals surface area (Å²) in [5, 5.41) is 3.78. The Hall–Kier alpha value is -2.34. The zero-order valence-corrected chi connectivity index (χ0v) is 20.6. The second kappa shape index (κ2) is 10.3. The van der Waals surface area contributed by atoms with Gasteiger partial charge in [-0.25, -0.2) is 4.98 Å². The second-order valence-electron chi connectivity index (χ2n) is 9.55. The Labute approximate surface area is 204 Å². The first-order chi connectivity index (χ1) is 16.2. The molecule has 33 heavy (non-hydrogen) atoms. The predicted octanol–water partition coefficient (Wildman–Crippen LogP) is 7.38. The average molecular weight is 510 g/mol. The highest BCUT2D eigenvalue weighted by Gasteiger charge is 2.21. The molecule has 0 atom stereocenters. The van der Waals surface area contributed by atoms with Crippen LogP contribution in [-0.4, -0.2) is 21.4 Å². The normalized spacial score (nSPS) is 17.5. The molecule has 2 aliphatic carbocycles. The van der Waals surface area contributed by atoms with Crippen molar-refractivity contribution in [1.82, 2.24) is 9.38 Å². The summed E-state index contributed by atoms with van der Waals surface area (Å²) in [6, 6.07) is 12.3. The van der Waals surface area contributed by atoms with E-state index in [2.05, 4.69) is 31.8 Å². The number of nitrogens with one attached hydrogen (secondary N) is 1. The highest BCUT2D eigenvalue weighted by Crippen LogP contribution is 2.34. The monoisotopic (exact) mass is 509 g/mol. The lowest BCUT2D eigenvalue weighted by molar-refractivity contribution is -0.134. The second-order valence-corrected chi connectivity index (χ2v) is 10.5. The van der Waals surface area contributed by atoms with Gasteiger partial charge >= 0.3 is 5.97 Å². The minimum Gasteiger partial charge on any atom is -0.427 e. The Bertz CT molecular complexity index is 1110. The fourth-order valence-electron chi connectivity index (χ4n) is 5.31. The molecule has 2 heterocycles. The van der Waals surface area contributed by atoms with Gasteiger partial charge in [0.2, 0.25) is 0 Å². The number of nitrogens with zero attached hydrogens (tertiary/aromatic N) is 2. The lowest BCUT2D eigenvalue weighted by atomic mass is 9.95. The fraction of sp³-hybridized carbons (Fsp3) is 0.481. The molecule has 2 saturated carbocycles. The van der Waals surface area contributed by atoms with Crippen molar-refractivity contribution in [3.63, 3.8) is 0 Å². The Kier molecular flexibility index (Phi) is 7.00. The smallest absolute Gasteiger partial charge is 0.311 e. The van der Waals surface area contributed by atoms with Crippen LogP contribution in [0.15, 0.2) is 47.1 Å². The van der Waals surface area contributed by atoms with E-state index in [1.807, 2.05) is 36.4 Å². The van der Waals surface area contributed by atoms with Gasteiger partial charge in [-0.3, -0.25) is 9.20 Å². The summed E-state index contributed by atoms with van der Waals surface area (Å²) in [6.45, 7) is 0. The van der Waals surface area contributed by atoms with E-state index in [1.54, 1.807) is 0 Å². The van der Waals surface area contributed by atoms with E-state index in [9.17, 15) is 4.79 Å². The topological polar surface area (TPSA) is 55.6 Å². The standard InChI is InChI=1S/C27H32BrN3O2/c28-21-14-15-24-30-26(27(31(24)18-21)29-22-10-2-1-3-11-22)20-9-6-12-23(17-20)33-25(32)16-13-19-7-4-5-8-19/h6,9,12,14-15,17-19,22,29H,1-5,7-8,10-11,13,16H2. The predicted molar refractivity (Wildman–Crippen MR) is 136 cm³/mol. The van der Waals surface area contributed by atoms with Crippen LogP contribution in [0, 0.1) is 5.92 Å². The van der Waals surface area contributed by atoms with Gasteiger partial charge in [-0.15, -0.1) is 0 Å². The van der Waals surface area contributed by atoms with Crippen LogP contribution >= 0.6 is 15.9 Å². The first-order valence-electron chi connectivity index (χ1n) is 12.4. The van der Waals surface area contributed by atoms with Crippen LogP contribution in [0.1, 0.15) is 70.6 Å². The Morgan fingerprint density at radius 1 is 1.06 bits per heavy atom. The van der Waals surface area contributed by atoms with Crippen molar-refractivity contribution < 1.29 is 9.53 Å². The van der Waals surface area contributed by atoms with Crippen LogP contribution in [-0.2, 0) is 4.79 Å². The first kappa shape index (κ1) is 22.5. The van der Waals surface area contributed by atoms with Crippen LogP contribution in [0.2, 0.25) is 0 Å². The number of rotatable bonds is 7. The molecule has 6 heteroatoms. The van der Waals surface area contributed by atoms with E-state index >= 15 is 0 Å². The number of ether oxygens (including phenoxy) is 1. The van der Waals surface area contributed by atoms with Crippen LogP contribution in [0.25, 0.3) is 16.9 Å². The number of aromatic nitrogens is 2. The number of carbonyl (C=O) groups is 1. The summed E-state index contributed by atoms with van der Waals surface area (Å²) < 4.78 is 8.85. The Morgan fingerprint density at radius 2 is 1.85 bits per heavy atom. The minimum atomic E-state index is -0.140. The molecule has 0 bridgehead atoms. The van der Waals surface area contributed by atoms with Gasteiger partial charge in [0.25, 0.3) is 0 Å². The number of hydrogen-bond donors (Lipinski definition) is 1. The number of benzene rings is 1. The summed E-state index contributed by atoms with van der Waals surface area (Å²) in [6.07, 6.45) is 14.8. The van der Waals surface area contributed by atoms with E-state index in [-0.39, 0.29) is 5.97 Å². The number of imidazole rings is 1.